The van der Waals surface area contributed by atoms with Gasteiger partial charge in [-0.25, -0.2) is 4.98 Å². The molecule has 0 aliphatic carbocycles. The van der Waals surface area contributed by atoms with E-state index in [2.05, 4.69) is 9.71 Å². The molecular formula is C19H22BClF2N2O3S. The molecule has 10 heteroatoms. The highest BCUT2D eigenvalue weighted by molar-refractivity contribution is 8.00. The van der Waals surface area contributed by atoms with Crippen LogP contribution >= 0.6 is 23.5 Å². The van der Waals surface area contributed by atoms with Gasteiger partial charge in [0.25, 0.3) is 0 Å². The Morgan fingerprint density at radius 2 is 1.86 bits per heavy atom. The number of benzene rings is 1. The van der Waals surface area contributed by atoms with Crippen LogP contribution in [-0.2, 0) is 15.9 Å². The Balaban J connectivity index is 1.82. The van der Waals surface area contributed by atoms with Crippen molar-refractivity contribution >= 4 is 41.8 Å². The van der Waals surface area contributed by atoms with Crippen LogP contribution in [0, 0.1) is 0 Å². The number of ether oxygens (including phenoxy) is 1. The third-order valence-corrected chi connectivity index (χ3v) is 5.71. The molecule has 1 N–H and O–H groups in total. The van der Waals surface area contributed by atoms with Gasteiger partial charge >= 0.3 is 12.9 Å². The highest BCUT2D eigenvalue weighted by Crippen LogP contribution is 2.37. The van der Waals surface area contributed by atoms with E-state index in [1.807, 2.05) is 27.7 Å². The van der Waals surface area contributed by atoms with Crippen LogP contribution in [0.15, 0.2) is 36.5 Å². The highest BCUT2D eigenvalue weighted by Gasteiger charge is 2.51. The summed E-state index contributed by atoms with van der Waals surface area (Å²) in [4.78, 5) is 4.01. The molecule has 0 spiro atoms. The molecule has 5 nitrogen and oxygen atoms in total. The first-order chi connectivity index (χ1) is 13.6. The predicted molar refractivity (Wildman–Crippen MR) is 113 cm³/mol. The molecule has 1 aliphatic rings. The number of rotatable bonds is 7. The van der Waals surface area contributed by atoms with Gasteiger partial charge in [0, 0.05) is 23.7 Å². The maximum absolute atomic E-state index is 12.6. The molecule has 0 unspecified atom stereocenters. The van der Waals surface area contributed by atoms with Crippen LogP contribution in [0.3, 0.4) is 0 Å². The number of nitrogens with one attached hydrogen (secondary N) is 1. The average molecular weight is 443 g/mol. The van der Waals surface area contributed by atoms with Gasteiger partial charge in [-0.1, -0.05) is 23.7 Å². The van der Waals surface area contributed by atoms with Crippen LogP contribution in [0.4, 0.5) is 14.5 Å². The zero-order valence-electron chi connectivity index (χ0n) is 16.5. The summed E-state index contributed by atoms with van der Waals surface area (Å²) in [5, 5.41) is 0.382. The summed E-state index contributed by atoms with van der Waals surface area (Å²) < 4.78 is 45.9. The largest absolute Gasteiger partial charge is 0.494 e. The summed E-state index contributed by atoms with van der Waals surface area (Å²) in [5.74, 6) is -2.16. The molecule has 0 bridgehead atoms. The number of anilines is 1. The average Bonchev–Trinajstić information content (AvgIpc) is 2.87. The first-order valence-corrected chi connectivity index (χ1v) is 10.3. The van der Waals surface area contributed by atoms with E-state index < -0.39 is 24.1 Å². The maximum Gasteiger partial charge on any atom is 0.494 e. The van der Waals surface area contributed by atoms with E-state index in [4.69, 9.17) is 25.6 Å². The van der Waals surface area contributed by atoms with E-state index in [0.717, 1.165) is 11.0 Å². The fourth-order valence-electron chi connectivity index (χ4n) is 2.63. The fraction of sp³-hybridized carbons (Fsp3) is 0.421. The smallest absolute Gasteiger partial charge is 0.487 e. The maximum atomic E-state index is 12.6. The first kappa shape index (κ1) is 22.1. The molecule has 2 heterocycles. The standard InChI is InChI=1S/C19H22BClF2N2O3S/c1-18(2)19(3,4)28-20(27-18)13-6-7-14(25-29-17(22)23)15(9-13)26-11-12-5-8-16(21)24-10-12/h5-10,17,25H,11H2,1-4H3. The molecule has 29 heavy (non-hydrogen) atoms. The Morgan fingerprint density at radius 1 is 1.17 bits per heavy atom. The van der Waals surface area contributed by atoms with Gasteiger partial charge in [0.05, 0.1) is 16.9 Å². The van der Waals surface area contributed by atoms with Gasteiger partial charge in [-0.3, -0.25) is 0 Å². The van der Waals surface area contributed by atoms with Gasteiger partial charge in [0.1, 0.15) is 17.5 Å². The number of halogens is 3. The molecule has 3 rings (SSSR count). The lowest BCUT2D eigenvalue weighted by molar-refractivity contribution is 0.00578. The third-order valence-electron chi connectivity index (χ3n) is 4.97. The summed E-state index contributed by atoms with van der Waals surface area (Å²) in [5.41, 5.74) is 0.979. The van der Waals surface area contributed by atoms with Crippen molar-refractivity contribution in [3.8, 4) is 5.75 Å². The van der Waals surface area contributed by atoms with Crippen molar-refractivity contribution in [2.75, 3.05) is 4.72 Å². The minimum absolute atomic E-state index is 0.199. The topological polar surface area (TPSA) is 52.6 Å². The third kappa shape index (κ3) is 5.34. The predicted octanol–water partition coefficient (Wildman–Crippen LogP) is 4.90. The Kier molecular flexibility index (Phi) is 6.62. The lowest BCUT2D eigenvalue weighted by Gasteiger charge is -2.32. The second-order valence-electron chi connectivity index (χ2n) is 7.60. The van der Waals surface area contributed by atoms with Gasteiger partial charge in [0.15, 0.2) is 0 Å². The van der Waals surface area contributed by atoms with Crippen molar-refractivity contribution in [1.82, 2.24) is 4.98 Å². The molecule has 1 saturated heterocycles. The Bertz CT molecular complexity index is 840. The molecular weight excluding hydrogens is 421 g/mol. The molecule has 1 aromatic carbocycles. The van der Waals surface area contributed by atoms with E-state index in [1.165, 1.54) is 0 Å². The van der Waals surface area contributed by atoms with E-state index in [1.54, 1.807) is 36.5 Å². The van der Waals surface area contributed by atoms with E-state index >= 15 is 0 Å². The van der Waals surface area contributed by atoms with Crippen molar-refractivity contribution in [3.63, 3.8) is 0 Å². The van der Waals surface area contributed by atoms with E-state index in [0.29, 0.717) is 28.5 Å². The molecule has 1 aromatic heterocycles. The summed E-state index contributed by atoms with van der Waals surface area (Å²) in [6.45, 7) is 8.06. The summed E-state index contributed by atoms with van der Waals surface area (Å²) in [6, 6.07) is 8.62. The van der Waals surface area contributed by atoms with Crippen LogP contribution in [0.25, 0.3) is 0 Å². The number of hydrogen-bond acceptors (Lipinski definition) is 6. The van der Waals surface area contributed by atoms with Crippen molar-refractivity contribution in [2.24, 2.45) is 0 Å². The summed E-state index contributed by atoms with van der Waals surface area (Å²) in [7, 11) is -0.587. The first-order valence-electron chi connectivity index (χ1n) is 9.00. The van der Waals surface area contributed by atoms with Crippen LogP contribution in [0.1, 0.15) is 33.3 Å². The van der Waals surface area contributed by atoms with Gasteiger partial charge in [-0.2, -0.15) is 8.78 Å². The van der Waals surface area contributed by atoms with Gasteiger partial charge in [-0.05, 0) is 51.4 Å². The SMILES string of the molecule is CC1(C)OB(c2ccc(NSC(F)F)c(OCc3ccc(Cl)nc3)c2)OC1(C)C. The molecule has 0 radical (unpaired) electrons. The zero-order chi connectivity index (χ0) is 21.2. The van der Waals surface area contributed by atoms with Crippen molar-refractivity contribution in [2.45, 2.75) is 51.3 Å². The summed E-state index contributed by atoms with van der Waals surface area (Å²) in [6.07, 6.45) is 1.60. The van der Waals surface area contributed by atoms with Crippen molar-refractivity contribution < 1.29 is 22.8 Å². The molecule has 0 atom stereocenters. The molecule has 1 fully saturated rings. The monoisotopic (exact) mass is 442 g/mol. The highest BCUT2D eigenvalue weighted by atomic mass is 35.5. The number of pyridine rings is 1. The minimum atomic E-state index is -2.56. The lowest BCUT2D eigenvalue weighted by atomic mass is 9.79. The molecule has 0 saturated carbocycles. The quantitative estimate of drug-likeness (QED) is 0.374. The Labute approximate surface area is 178 Å². The van der Waals surface area contributed by atoms with Gasteiger partial charge in [-0.15, -0.1) is 0 Å². The lowest BCUT2D eigenvalue weighted by Crippen LogP contribution is -2.41. The van der Waals surface area contributed by atoms with Crippen molar-refractivity contribution in [1.29, 1.82) is 0 Å². The van der Waals surface area contributed by atoms with Crippen LogP contribution in [-0.4, -0.2) is 29.1 Å². The van der Waals surface area contributed by atoms with Crippen LogP contribution in [0.5, 0.6) is 5.75 Å². The number of alkyl halides is 2. The molecule has 156 valence electrons. The van der Waals surface area contributed by atoms with Crippen LogP contribution < -0.4 is 14.9 Å². The molecule has 2 aromatic rings. The molecule has 0 amide bonds. The van der Waals surface area contributed by atoms with Crippen LogP contribution in [0.2, 0.25) is 5.15 Å². The normalized spacial score (nSPS) is 17.6. The Hall–Kier alpha value is -1.55. The van der Waals surface area contributed by atoms with E-state index in [-0.39, 0.29) is 6.61 Å². The molecule has 1 aliphatic heterocycles. The number of hydrogen-bond donors (Lipinski definition) is 1. The van der Waals surface area contributed by atoms with E-state index in [9.17, 15) is 8.78 Å². The minimum Gasteiger partial charge on any atom is -0.487 e. The van der Waals surface area contributed by atoms with Crippen molar-refractivity contribution in [3.05, 3.63) is 47.2 Å². The second-order valence-corrected chi connectivity index (χ2v) is 8.79. The summed E-state index contributed by atoms with van der Waals surface area (Å²) >= 11 is 6.11. The zero-order valence-corrected chi connectivity index (χ0v) is 18.1. The second kappa shape index (κ2) is 8.67. The number of nitrogens with zero attached hydrogens (tertiary/aromatic N) is 1. The fourth-order valence-corrected chi connectivity index (χ4v) is 3.13. The number of aromatic nitrogens is 1. The Morgan fingerprint density at radius 3 is 2.45 bits per heavy atom. The van der Waals surface area contributed by atoms with Gasteiger partial charge in [0.2, 0.25) is 0 Å². The van der Waals surface area contributed by atoms with Gasteiger partial charge < -0.3 is 18.8 Å².